The van der Waals surface area contributed by atoms with Crippen LogP contribution in [0.5, 0.6) is 0 Å². The Balaban J connectivity index is 1.13. The number of anilines is 3. The Hall–Kier alpha value is -7.62. The molecule has 0 atom stereocenters. The van der Waals surface area contributed by atoms with Gasteiger partial charge in [-0.1, -0.05) is 170 Å². The van der Waals surface area contributed by atoms with Crippen molar-refractivity contribution in [2.24, 2.45) is 0 Å². The monoisotopic (exact) mass is 729 g/mol. The zero-order chi connectivity index (χ0) is 37.7. The Morgan fingerprint density at radius 2 is 0.772 bits per heavy atom. The highest BCUT2D eigenvalue weighted by Gasteiger charge is 2.25. The van der Waals surface area contributed by atoms with E-state index in [4.69, 9.17) is 8.83 Å². The van der Waals surface area contributed by atoms with Crippen molar-refractivity contribution >= 4 is 60.9 Å². The van der Waals surface area contributed by atoms with Crippen molar-refractivity contribution < 1.29 is 8.83 Å². The average Bonchev–Trinajstić information content (AvgIpc) is 3.87. The molecule has 0 aliphatic carbocycles. The van der Waals surface area contributed by atoms with Crippen molar-refractivity contribution in [3.8, 4) is 44.5 Å². The molecular formula is C54H35NO2. The third kappa shape index (κ3) is 5.51. The summed E-state index contributed by atoms with van der Waals surface area (Å²) in [7, 11) is 0. The molecule has 0 saturated heterocycles. The first-order chi connectivity index (χ1) is 28.3. The van der Waals surface area contributed by atoms with Gasteiger partial charge in [0.1, 0.15) is 16.7 Å². The summed E-state index contributed by atoms with van der Waals surface area (Å²) < 4.78 is 13.5. The van der Waals surface area contributed by atoms with E-state index in [2.05, 4.69) is 193 Å². The molecule has 0 bridgehead atoms. The molecule has 0 N–H and O–H groups in total. The highest BCUT2D eigenvalue weighted by molar-refractivity contribution is 6.18. The van der Waals surface area contributed by atoms with Crippen LogP contribution in [-0.4, -0.2) is 0 Å². The van der Waals surface area contributed by atoms with Crippen LogP contribution >= 0.6 is 0 Å². The molecule has 0 saturated carbocycles. The highest BCUT2D eigenvalue weighted by Crippen LogP contribution is 2.49. The van der Waals surface area contributed by atoms with E-state index in [9.17, 15) is 0 Å². The van der Waals surface area contributed by atoms with Gasteiger partial charge in [-0.3, -0.25) is 0 Å². The van der Waals surface area contributed by atoms with Crippen LogP contribution in [0.1, 0.15) is 0 Å². The van der Waals surface area contributed by atoms with Gasteiger partial charge in [-0.15, -0.1) is 0 Å². The van der Waals surface area contributed by atoms with E-state index in [0.29, 0.717) is 0 Å². The van der Waals surface area contributed by atoms with Crippen LogP contribution in [0.2, 0.25) is 0 Å². The SMILES string of the molecule is c1ccc(-c2ccccc2-c2ccccc2-c2ccc(N(c3cccc4c3oc3ccccc34)c3ccc(-c4ccccc4)c4oc5ccccc5c34)cc2)cc1. The van der Waals surface area contributed by atoms with Crippen LogP contribution in [0.3, 0.4) is 0 Å². The van der Waals surface area contributed by atoms with E-state index in [0.717, 1.165) is 77.6 Å². The predicted molar refractivity (Wildman–Crippen MR) is 237 cm³/mol. The molecule has 268 valence electrons. The largest absolute Gasteiger partial charge is 0.455 e. The Kier molecular flexibility index (Phi) is 7.82. The topological polar surface area (TPSA) is 29.5 Å². The van der Waals surface area contributed by atoms with E-state index in [1.807, 2.05) is 24.3 Å². The number of hydrogen-bond acceptors (Lipinski definition) is 3. The van der Waals surface area contributed by atoms with Gasteiger partial charge in [-0.2, -0.15) is 0 Å². The van der Waals surface area contributed by atoms with E-state index in [1.165, 1.54) is 27.8 Å². The van der Waals surface area contributed by atoms with E-state index >= 15 is 0 Å². The summed E-state index contributed by atoms with van der Waals surface area (Å²) in [6.45, 7) is 0. The normalized spacial score (nSPS) is 11.5. The zero-order valence-corrected chi connectivity index (χ0v) is 31.0. The summed E-state index contributed by atoms with van der Waals surface area (Å²) >= 11 is 0. The number of fused-ring (bicyclic) bond motifs is 6. The number of hydrogen-bond donors (Lipinski definition) is 0. The van der Waals surface area contributed by atoms with Crippen molar-refractivity contribution in [3.05, 3.63) is 212 Å². The van der Waals surface area contributed by atoms with Crippen LogP contribution in [0.15, 0.2) is 221 Å². The van der Waals surface area contributed by atoms with Gasteiger partial charge in [-0.25, -0.2) is 0 Å². The third-order valence-corrected chi connectivity index (χ3v) is 11.1. The molecule has 9 aromatic carbocycles. The number of para-hydroxylation sites is 3. The lowest BCUT2D eigenvalue weighted by Gasteiger charge is -2.27. The second-order valence-corrected chi connectivity index (χ2v) is 14.4. The first-order valence-electron chi connectivity index (χ1n) is 19.3. The predicted octanol–water partition coefficient (Wildman–Crippen LogP) is 15.6. The Bertz CT molecular complexity index is 3230. The fourth-order valence-corrected chi connectivity index (χ4v) is 8.51. The minimum Gasteiger partial charge on any atom is -0.455 e. The smallest absolute Gasteiger partial charge is 0.159 e. The number of rotatable bonds is 7. The maximum Gasteiger partial charge on any atom is 0.159 e. The highest BCUT2D eigenvalue weighted by atomic mass is 16.3. The Morgan fingerprint density at radius 1 is 0.281 bits per heavy atom. The number of benzene rings is 9. The number of furan rings is 2. The summed E-state index contributed by atoms with van der Waals surface area (Å²) in [5.74, 6) is 0. The van der Waals surface area contributed by atoms with Gasteiger partial charge in [0, 0.05) is 27.4 Å². The molecule has 0 fully saturated rings. The minimum absolute atomic E-state index is 0.832. The lowest BCUT2D eigenvalue weighted by atomic mass is 9.89. The Morgan fingerprint density at radius 3 is 1.44 bits per heavy atom. The molecule has 2 heterocycles. The quantitative estimate of drug-likeness (QED) is 0.164. The molecular weight excluding hydrogens is 695 g/mol. The average molecular weight is 730 g/mol. The van der Waals surface area contributed by atoms with Crippen molar-refractivity contribution in [1.82, 2.24) is 0 Å². The molecule has 0 unspecified atom stereocenters. The van der Waals surface area contributed by atoms with Crippen molar-refractivity contribution in [1.29, 1.82) is 0 Å². The van der Waals surface area contributed by atoms with Crippen molar-refractivity contribution in [2.75, 3.05) is 4.90 Å². The second-order valence-electron chi connectivity index (χ2n) is 14.4. The van der Waals surface area contributed by atoms with Gasteiger partial charge in [0.25, 0.3) is 0 Å². The standard InChI is InChI=1S/C54H35NO2/c1-3-16-36(17-4-1)40-20-7-9-22-43(40)44-23-10-8-21-41(44)38-30-32-39(33-31-38)55(49-27-15-26-46-45-24-11-13-28-50(45)56-53(46)49)48-35-34-42(37-18-5-2-6-19-37)54-52(48)47-25-12-14-29-51(47)57-54/h1-35H. The molecule has 11 aromatic rings. The first kappa shape index (κ1) is 32.8. The van der Waals surface area contributed by atoms with Crippen molar-refractivity contribution in [2.45, 2.75) is 0 Å². The molecule has 0 amide bonds. The molecule has 0 spiro atoms. The zero-order valence-electron chi connectivity index (χ0n) is 31.0. The van der Waals surface area contributed by atoms with Gasteiger partial charge in [0.05, 0.1) is 16.8 Å². The maximum absolute atomic E-state index is 6.76. The van der Waals surface area contributed by atoms with Crippen LogP contribution in [0.4, 0.5) is 17.1 Å². The summed E-state index contributed by atoms with van der Waals surface area (Å²) in [5.41, 5.74) is 15.6. The minimum atomic E-state index is 0.832. The number of nitrogens with zero attached hydrogens (tertiary/aromatic N) is 1. The third-order valence-electron chi connectivity index (χ3n) is 11.1. The fourth-order valence-electron chi connectivity index (χ4n) is 8.51. The van der Waals surface area contributed by atoms with Crippen LogP contribution in [0, 0.1) is 0 Å². The van der Waals surface area contributed by atoms with Crippen LogP contribution < -0.4 is 4.90 Å². The lowest BCUT2D eigenvalue weighted by Crippen LogP contribution is -2.11. The van der Waals surface area contributed by atoms with Gasteiger partial charge in [0.15, 0.2) is 5.58 Å². The van der Waals surface area contributed by atoms with Gasteiger partial charge in [-0.05, 0) is 81.4 Å². The fraction of sp³-hybridized carbons (Fsp3) is 0. The summed E-state index contributed by atoms with van der Waals surface area (Å²) in [6.07, 6.45) is 0. The molecule has 2 aromatic heterocycles. The summed E-state index contributed by atoms with van der Waals surface area (Å²) in [4.78, 5) is 2.34. The molecule has 0 aliphatic rings. The summed E-state index contributed by atoms with van der Waals surface area (Å²) in [6, 6.07) is 74.9. The molecule has 3 heteroatoms. The first-order valence-corrected chi connectivity index (χ1v) is 19.3. The van der Waals surface area contributed by atoms with Gasteiger partial charge < -0.3 is 13.7 Å². The van der Waals surface area contributed by atoms with E-state index < -0.39 is 0 Å². The van der Waals surface area contributed by atoms with E-state index in [1.54, 1.807) is 0 Å². The Labute approximate surface area is 330 Å². The lowest BCUT2D eigenvalue weighted by molar-refractivity contribution is 0.668. The maximum atomic E-state index is 6.76. The van der Waals surface area contributed by atoms with Crippen LogP contribution in [0.25, 0.3) is 88.4 Å². The molecule has 57 heavy (non-hydrogen) atoms. The molecule has 11 rings (SSSR count). The molecule has 0 aliphatic heterocycles. The van der Waals surface area contributed by atoms with Crippen molar-refractivity contribution in [3.63, 3.8) is 0 Å². The van der Waals surface area contributed by atoms with Gasteiger partial charge >= 0.3 is 0 Å². The van der Waals surface area contributed by atoms with E-state index in [-0.39, 0.29) is 0 Å². The molecule has 3 nitrogen and oxygen atoms in total. The van der Waals surface area contributed by atoms with Crippen LogP contribution in [-0.2, 0) is 0 Å². The second kappa shape index (κ2) is 13.6. The van der Waals surface area contributed by atoms with Gasteiger partial charge in [0.2, 0.25) is 0 Å². The summed E-state index contributed by atoms with van der Waals surface area (Å²) in [5, 5.41) is 4.28. The molecule has 0 radical (unpaired) electrons.